The van der Waals surface area contributed by atoms with Crippen LogP contribution < -0.4 is 24.6 Å². The van der Waals surface area contributed by atoms with Crippen molar-refractivity contribution in [2.24, 2.45) is 11.3 Å². The van der Waals surface area contributed by atoms with Crippen molar-refractivity contribution in [1.82, 2.24) is 24.5 Å². The van der Waals surface area contributed by atoms with Gasteiger partial charge >= 0.3 is 0 Å². The molecule has 1 saturated carbocycles. The first-order valence-corrected chi connectivity index (χ1v) is 26.9. The number of carbonyl (C=O) groups is 1. The summed E-state index contributed by atoms with van der Waals surface area (Å²) in [5.74, 6) is -0.231. The molecule has 0 unspecified atom stereocenters. The van der Waals surface area contributed by atoms with Gasteiger partial charge in [0.2, 0.25) is 5.88 Å². The number of aromatic amines is 1. The second kappa shape index (κ2) is 19.0. The summed E-state index contributed by atoms with van der Waals surface area (Å²) in [6, 6.07) is 23.5. The van der Waals surface area contributed by atoms with Crippen LogP contribution in [-0.2, 0) is 19.5 Å². The fourth-order valence-corrected chi connectivity index (χ4v) is 13.4. The maximum absolute atomic E-state index is 14.6. The minimum atomic E-state index is -4.60. The van der Waals surface area contributed by atoms with E-state index in [1.54, 1.807) is 6.07 Å². The molecule has 18 heteroatoms. The van der Waals surface area contributed by atoms with Gasteiger partial charge in [-0.15, -0.1) is 0 Å². The van der Waals surface area contributed by atoms with Crippen LogP contribution in [0.25, 0.3) is 11.0 Å². The summed E-state index contributed by atoms with van der Waals surface area (Å²) >= 11 is 0. The van der Waals surface area contributed by atoms with Crippen molar-refractivity contribution in [2.45, 2.75) is 107 Å². The lowest BCUT2D eigenvalue weighted by atomic mass is 9.59. The van der Waals surface area contributed by atoms with Gasteiger partial charge in [0, 0.05) is 93.4 Å². The molecule has 1 amide bonds. The Kier molecular flexibility index (Phi) is 12.7. The van der Waals surface area contributed by atoms with Gasteiger partial charge in [-0.05, 0) is 131 Å². The topological polar surface area (TPSA) is 188 Å². The van der Waals surface area contributed by atoms with Crippen molar-refractivity contribution in [1.29, 1.82) is 0 Å². The van der Waals surface area contributed by atoms with Gasteiger partial charge in [-0.3, -0.25) is 24.7 Å². The number of piperazine rings is 1. The van der Waals surface area contributed by atoms with E-state index in [4.69, 9.17) is 19.2 Å². The molecule has 4 atom stereocenters. The zero-order chi connectivity index (χ0) is 49.2. The lowest BCUT2D eigenvalue weighted by Gasteiger charge is -2.60. The number of nitrogens with zero attached hydrogens (tertiary/aromatic N) is 6. The van der Waals surface area contributed by atoms with Gasteiger partial charge in [-0.1, -0.05) is 24.3 Å². The molecule has 5 fully saturated rings. The molecule has 1 aliphatic carbocycles. The van der Waals surface area contributed by atoms with E-state index in [1.165, 1.54) is 36.1 Å². The van der Waals surface area contributed by atoms with Gasteiger partial charge in [0.1, 0.15) is 23.1 Å². The molecule has 3 N–H and O–H groups in total. The molecule has 1 spiro atoms. The van der Waals surface area contributed by atoms with Crippen molar-refractivity contribution >= 4 is 55.4 Å². The van der Waals surface area contributed by atoms with E-state index < -0.39 is 37.5 Å². The smallest absolute Gasteiger partial charge is 0.293 e. The molecule has 6 aliphatic rings. The highest BCUT2D eigenvalue weighted by atomic mass is 32.2. The Bertz CT molecular complexity index is 2930. The molecule has 3 aromatic carbocycles. The van der Waals surface area contributed by atoms with E-state index in [2.05, 4.69) is 81.7 Å². The number of amides is 1. The number of benzene rings is 3. The molecule has 7 heterocycles. The van der Waals surface area contributed by atoms with Crippen LogP contribution in [-0.4, -0.2) is 128 Å². The Morgan fingerprint density at radius 1 is 0.972 bits per heavy atom. The number of sulfonamides is 1. The molecule has 5 aliphatic heterocycles. The van der Waals surface area contributed by atoms with Crippen molar-refractivity contribution in [3.8, 4) is 5.88 Å². The summed E-state index contributed by atoms with van der Waals surface area (Å²) in [5.41, 5.74) is 5.63. The quantitative estimate of drug-likeness (QED) is 0.0808. The SMILES string of the molecule is Cc1ccccc1[C@H]1CN(C(C)C)C[C@H](C)N1C1CC2(CCN(c3ccc(C(=O)NS(=O)(=O)c4ccc(NCC5CCOCC5)c([N+](=O)[O-])c4)c(N4c5cc6cc[nH]c6nc5O[C@@H]5COC[C@H]54)c3)CC2)C1. The molecular weight excluding hydrogens is 923 g/mol. The van der Waals surface area contributed by atoms with E-state index in [-0.39, 0.29) is 28.6 Å². The van der Waals surface area contributed by atoms with Crippen LogP contribution in [0, 0.1) is 28.4 Å². The molecule has 17 nitrogen and oxygen atoms in total. The van der Waals surface area contributed by atoms with Crippen molar-refractivity contribution < 1.29 is 32.3 Å². The van der Waals surface area contributed by atoms with Gasteiger partial charge in [0.15, 0.2) is 0 Å². The number of hydrogen-bond acceptors (Lipinski definition) is 14. The van der Waals surface area contributed by atoms with Crippen LogP contribution in [0.4, 0.5) is 28.4 Å². The number of aromatic nitrogens is 2. The number of ether oxygens (including phenoxy) is 3. The van der Waals surface area contributed by atoms with Crippen LogP contribution >= 0.6 is 0 Å². The predicted molar refractivity (Wildman–Crippen MR) is 272 cm³/mol. The van der Waals surface area contributed by atoms with E-state index in [9.17, 15) is 23.3 Å². The van der Waals surface area contributed by atoms with E-state index in [1.807, 2.05) is 35.4 Å². The average molecular weight is 988 g/mol. The number of H-pyrrole nitrogens is 1. The van der Waals surface area contributed by atoms with E-state index in [0.29, 0.717) is 80.0 Å². The number of rotatable bonds is 12. The molecule has 2 aromatic heterocycles. The molecule has 4 saturated heterocycles. The summed E-state index contributed by atoms with van der Waals surface area (Å²) in [6.45, 7) is 15.4. The van der Waals surface area contributed by atoms with Crippen LogP contribution in [0.3, 0.4) is 0 Å². The summed E-state index contributed by atoms with van der Waals surface area (Å²) in [5, 5.41) is 16.3. The largest absolute Gasteiger partial charge is 0.468 e. The predicted octanol–water partition coefficient (Wildman–Crippen LogP) is 7.94. The second-order valence-electron chi connectivity index (χ2n) is 21.1. The maximum atomic E-state index is 14.6. The lowest BCUT2D eigenvalue weighted by molar-refractivity contribution is -0.384. The number of nitrogens with one attached hydrogen (secondary N) is 3. The third-order valence-electron chi connectivity index (χ3n) is 16.4. The number of aryl methyl sites for hydroxylation is 1. The van der Waals surface area contributed by atoms with Crippen LogP contribution in [0.2, 0.25) is 0 Å². The normalized spacial score (nSPS) is 24.1. The minimum Gasteiger partial charge on any atom is -0.468 e. The molecule has 376 valence electrons. The van der Waals surface area contributed by atoms with Gasteiger partial charge in [0.05, 0.1) is 40.3 Å². The first-order valence-electron chi connectivity index (χ1n) is 25.4. The number of fused-ring (bicyclic) bond motifs is 3. The van der Waals surface area contributed by atoms with Crippen LogP contribution in [0.15, 0.2) is 83.9 Å². The number of pyridine rings is 1. The number of nitro benzene ring substituents is 1. The molecule has 71 heavy (non-hydrogen) atoms. The number of carbonyl (C=O) groups excluding carboxylic acids is 1. The Balaban J connectivity index is 0.868. The summed E-state index contributed by atoms with van der Waals surface area (Å²) in [4.78, 5) is 43.8. The Morgan fingerprint density at radius 3 is 2.52 bits per heavy atom. The highest BCUT2D eigenvalue weighted by Crippen LogP contribution is 2.54. The number of hydrogen-bond donors (Lipinski definition) is 3. The Hall–Kier alpha value is -5.79. The maximum Gasteiger partial charge on any atom is 0.293 e. The highest BCUT2D eigenvalue weighted by molar-refractivity contribution is 7.90. The van der Waals surface area contributed by atoms with Crippen molar-refractivity contribution in [3.05, 3.63) is 106 Å². The molecular formula is C53H65N9O8S. The van der Waals surface area contributed by atoms with Crippen LogP contribution in [0.5, 0.6) is 5.88 Å². The zero-order valence-electron chi connectivity index (χ0n) is 41.0. The molecule has 0 bridgehead atoms. The number of anilines is 4. The molecule has 5 aromatic rings. The van der Waals surface area contributed by atoms with E-state index in [0.717, 1.165) is 69.0 Å². The monoisotopic (exact) mass is 987 g/mol. The van der Waals surface area contributed by atoms with Gasteiger partial charge in [-0.2, -0.15) is 4.98 Å². The lowest BCUT2D eigenvalue weighted by Crippen LogP contribution is -2.63. The number of nitro groups is 1. The van der Waals surface area contributed by atoms with E-state index >= 15 is 0 Å². The third kappa shape index (κ3) is 9.10. The Labute approximate surface area is 415 Å². The van der Waals surface area contributed by atoms with Crippen molar-refractivity contribution in [2.75, 3.05) is 74.3 Å². The molecule has 0 radical (unpaired) electrons. The standard InChI is InChI=1S/C53H65N9O8S/c1-33(2)59-29-35(4)60(47(30-59)41-8-6-5-7-34(41)3)39-26-53(27-39)16-19-58(20-17-53)38-9-11-42(44(24-38)61-46-23-37-13-18-54-50(37)56-52(46)70-49-32-69-31-48(49)61)51(63)57-71(66,67)40-10-12-43(45(25-40)62(64)65)55-28-36-14-21-68-22-15-36/h5-13,18,23-25,33,35-36,39,47-49,55H,14-17,19-22,26-32H2,1-4H3,(H,54,56)(H,57,63)/t35-,47+,48+,49+/m0/s1. The first-order chi connectivity index (χ1) is 34.2. The van der Waals surface area contributed by atoms with Crippen molar-refractivity contribution in [3.63, 3.8) is 0 Å². The zero-order valence-corrected chi connectivity index (χ0v) is 41.8. The summed E-state index contributed by atoms with van der Waals surface area (Å²) < 4.78 is 48.4. The fraction of sp³-hybridized carbons (Fsp3) is 0.509. The Morgan fingerprint density at radius 2 is 1.76 bits per heavy atom. The fourth-order valence-electron chi connectivity index (χ4n) is 12.4. The second-order valence-corrected chi connectivity index (χ2v) is 22.8. The van der Waals surface area contributed by atoms with Gasteiger partial charge in [0.25, 0.3) is 21.6 Å². The van der Waals surface area contributed by atoms with Gasteiger partial charge < -0.3 is 34.3 Å². The summed E-state index contributed by atoms with van der Waals surface area (Å²) in [6.07, 6.45) is 7.47. The average Bonchev–Trinajstić information content (AvgIpc) is 4.03. The first kappa shape index (κ1) is 47.5. The summed E-state index contributed by atoms with van der Waals surface area (Å²) in [7, 11) is -4.60. The molecule has 11 rings (SSSR count). The number of piperidine rings is 1. The van der Waals surface area contributed by atoms with Gasteiger partial charge in [-0.25, -0.2) is 13.1 Å². The minimum absolute atomic E-state index is 0.111. The highest BCUT2D eigenvalue weighted by Gasteiger charge is 2.52. The van der Waals surface area contributed by atoms with Crippen LogP contribution in [0.1, 0.15) is 86.8 Å². The third-order valence-corrected chi connectivity index (χ3v) is 17.8.